The second-order valence-corrected chi connectivity index (χ2v) is 5.69. The summed E-state index contributed by atoms with van der Waals surface area (Å²) in [5.74, 6) is -0.253. The summed E-state index contributed by atoms with van der Waals surface area (Å²) in [6.45, 7) is -2.52. The second-order valence-electron chi connectivity index (χ2n) is 5.69. The van der Waals surface area contributed by atoms with Crippen molar-refractivity contribution in [3.63, 3.8) is 0 Å². The fourth-order valence-electron chi connectivity index (χ4n) is 2.46. The standard InChI is InChI=1S/C19H21F4N3O2/c1-24-19(25-8-7-12-9-14(20)4-6-16(12)21)26-11-13-3-5-15(27-2)10-17(13)28-18(22)23/h3-6,9-10,18H,7-8,11H2,1-2H3,(H2,24,25,26). The monoisotopic (exact) mass is 399 g/mol. The SMILES string of the molecule is CN=C(NCCc1cc(F)ccc1F)NCc1ccc(OC)cc1OC(F)F. The number of halogens is 4. The van der Waals surface area contributed by atoms with Crippen LogP contribution in [0.15, 0.2) is 41.4 Å². The zero-order valence-electron chi connectivity index (χ0n) is 15.4. The number of aliphatic imine (C=N–C) groups is 1. The molecule has 0 aromatic heterocycles. The number of methoxy groups -OCH3 is 1. The van der Waals surface area contributed by atoms with Crippen LogP contribution >= 0.6 is 0 Å². The van der Waals surface area contributed by atoms with Gasteiger partial charge in [-0.25, -0.2) is 8.78 Å². The average molecular weight is 399 g/mol. The maximum absolute atomic E-state index is 13.6. The highest BCUT2D eigenvalue weighted by Crippen LogP contribution is 2.26. The minimum absolute atomic E-state index is 0.0147. The third-order valence-corrected chi connectivity index (χ3v) is 3.85. The molecule has 2 rings (SSSR count). The van der Waals surface area contributed by atoms with E-state index in [1.54, 1.807) is 12.1 Å². The van der Waals surface area contributed by atoms with Crippen LogP contribution in [-0.4, -0.2) is 33.3 Å². The van der Waals surface area contributed by atoms with Gasteiger partial charge < -0.3 is 20.1 Å². The number of nitrogens with one attached hydrogen (secondary N) is 2. The zero-order valence-corrected chi connectivity index (χ0v) is 15.4. The quantitative estimate of drug-likeness (QED) is 0.405. The number of nitrogens with zero attached hydrogens (tertiary/aromatic N) is 1. The molecule has 5 nitrogen and oxygen atoms in total. The molecule has 0 bridgehead atoms. The van der Waals surface area contributed by atoms with Crippen LogP contribution in [0.2, 0.25) is 0 Å². The highest BCUT2D eigenvalue weighted by Gasteiger charge is 2.12. The van der Waals surface area contributed by atoms with Crippen LogP contribution < -0.4 is 20.1 Å². The first-order valence-corrected chi connectivity index (χ1v) is 8.43. The Balaban J connectivity index is 1.94. The van der Waals surface area contributed by atoms with E-state index in [-0.39, 0.29) is 24.3 Å². The van der Waals surface area contributed by atoms with Crippen molar-refractivity contribution in [1.29, 1.82) is 0 Å². The molecule has 0 aliphatic rings. The summed E-state index contributed by atoms with van der Waals surface area (Å²) in [6, 6.07) is 7.86. The maximum Gasteiger partial charge on any atom is 0.387 e. The first kappa shape index (κ1) is 21.3. The smallest absolute Gasteiger partial charge is 0.387 e. The van der Waals surface area contributed by atoms with Gasteiger partial charge in [-0.2, -0.15) is 8.78 Å². The number of ether oxygens (including phenoxy) is 2. The summed E-state index contributed by atoms with van der Waals surface area (Å²) >= 11 is 0. The number of rotatable bonds is 8. The van der Waals surface area contributed by atoms with Crippen LogP contribution in [0.1, 0.15) is 11.1 Å². The van der Waals surface area contributed by atoms with Crippen LogP contribution in [0.25, 0.3) is 0 Å². The molecular formula is C19H21F4N3O2. The molecule has 2 aromatic rings. The van der Waals surface area contributed by atoms with E-state index < -0.39 is 18.2 Å². The van der Waals surface area contributed by atoms with Gasteiger partial charge in [-0.15, -0.1) is 0 Å². The van der Waals surface area contributed by atoms with Gasteiger partial charge in [-0.05, 0) is 42.3 Å². The molecule has 28 heavy (non-hydrogen) atoms. The summed E-state index contributed by atoms with van der Waals surface area (Å²) < 4.78 is 61.6. The molecule has 0 amide bonds. The van der Waals surface area contributed by atoms with Crippen molar-refractivity contribution in [2.45, 2.75) is 19.6 Å². The molecule has 0 unspecified atom stereocenters. The number of hydrogen-bond acceptors (Lipinski definition) is 3. The van der Waals surface area contributed by atoms with Gasteiger partial charge in [0.15, 0.2) is 5.96 Å². The van der Waals surface area contributed by atoms with Crippen LogP contribution in [0.4, 0.5) is 17.6 Å². The first-order chi connectivity index (χ1) is 13.4. The molecule has 152 valence electrons. The molecule has 2 N–H and O–H groups in total. The van der Waals surface area contributed by atoms with E-state index in [9.17, 15) is 17.6 Å². The minimum atomic E-state index is -2.97. The Morgan fingerprint density at radius 2 is 1.86 bits per heavy atom. The highest BCUT2D eigenvalue weighted by atomic mass is 19.3. The van der Waals surface area contributed by atoms with Gasteiger partial charge in [-0.3, -0.25) is 4.99 Å². The number of hydrogen-bond donors (Lipinski definition) is 2. The van der Waals surface area contributed by atoms with Crippen LogP contribution in [0.5, 0.6) is 11.5 Å². The maximum atomic E-state index is 13.6. The number of guanidine groups is 1. The van der Waals surface area contributed by atoms with E-state index in [0.29, 0.717) is 23.8 Å². The molecule has 0 atom stereocenters. The summed E-state index contributed by atoms with van der Waals surface area (Å²) in [6.07, 6.45) is 0.243. The topological polar surface area (TPSA) is 54.9 Å². The van der Waals surface area contributed by atoms with Crippen molar-refractivity contribution < 1.29 is 27.0 Å². The van der Waals surface area contributed by atoms with Crippen molar-refractivity contribution in [2.75, 3.05) is 20.7 Å². The van der Waals surface area contributed by atoms with Crippen LogP contribution in [-0.2, 0) is 13.0 Å². The number of alkyl halides is 2. The molecule has 2 aromatic carbocycles. The lowest BCUT2D eigenvalue weighted by atomic mass is 10.1. The van der Waals surface area contributed by atoms with Gasteiger partial charge >= 0.3 is 6.61 Å². The summed E-state index contributed by atoms with van der Waals surface area (Å²) in [5.41, 5.74) is 0.714. The van der Waals surface area contributed by atoms with E-state index in [2.05, 4.69) is 20.4 Å². The van der Waals surface area contributed by atoms with Crippen LogP contribution in [0.3, 0.4) is 0 Å². The predicted molar refractivity (Wildman–Crippen MR) is 97.9 cm³/mol. The fraction of sp³-hybridized carbons (Fsp3) is 0.316. The van der Waals surface area contributed by atoms with Gasteiger partial charge in [0.2, 0.25) is 0 Å². The molecule has 0 saturated carbocycles. The fourth-order valence-corrected chi connectivity index (χ4v) is 2.46. The summed E-state index contributed by atoms with van der Waals surface area (Å²) in [5, 5.41) is 5.91. The predicted octanol–water partition coefficient (Wildman–Crippen LogP) is 3.48. The molecule has 0 radical (unpaired) electrons. The molecule has 0 aliphatic heterocycles. The summed E-state index contributed by atoms with van der Waals surface area (Å²) in [4.78, 5) is 4.01. The highest BCUT2D eigenvalue weighted by molar-refractivity contribution is 5.79. The summed E-state index contributed by atoms with van der Waals surface area (Å²) in [7, 11) is 2.95. The van der Waals surface area contributed by atoms with Gasteiger partial charge in [0.1, 0.15) is 23.1 Å². The van der Waals surface area contributed by atoms with Crippen molar-refractivity contribution in [3.8, 4) is 11.5 Å². The van der Waals surface area contributed by atoms with E-state index in [0.717, 1.165) is 18.2 Å². The first-order valence-electron chi connectivity index (χ1n) is 8.43. The number of benzene rings is 2. The van der Waals surface area contributed by atoms with Crippen molar-refractivity contribution in [1.82, 2.24) is 10.6 Å². The second kappa shape index (κ2) is 10.4. The Kier molecular flexibility index (Phi) is 7.91. The lowest BCUT2D eigenvalue weighted by Gasteiger charge is -2.15. The molecule has 0 spiro atoms. The lowest BCUT2D eigenvalue weighted by molar-refractivity contribution is -0.0505. The van der Waals surface area contributed by atoms with Crippen molar-refractivity contribution in [3.05, 3.63) is 59.2 Å². The molecule has 0 heterocycles. The molecular weight excluding hydrogens is 378 g/mol. The minimum Gasteiger partial charge on any atom is -0.497 e. The van der Waals surface area contributed by atoms with E-state index >= 15 is 0 Å². The normalized spacial score (nSPS) is 11.5. The van der Waals surface area contributed by atoms with E-state index in [1.165, 1.54) is 20.2 Å². The Bertz CT molecular complexity index is 816. The molecule has 0 saturated heterocycles. The van der Waals surface area contributed by atoms with Crippen molar-refractivity contribution in [2.24, 2.45) is 4.99 Å². The largest absolute Gasteiger partial charge is 0.497 e. The third-order valence-electron chi connectivity index (χ3n) is 3.85. The Morgan fingerprint density at radius 1 is 1.07 bits per heavy atom. The van der Waals surface area contributed by atoms with Crippen molar-refractivity contribution >= 4 is 5.96 Å². The molecule has 0 aliphatic carbocycles. The van der Waals surface area contributed by atoms with Crippen LogP contribution in [0, 0.1) is 11.6 Å². The lowest BCUT2D eigenvalue weighted by Crippen LogP contribution is -2.38. The van der Waals surface area contributed by atoms with Gasteiger partial charge in [0.05, 0.1) is 7.11 Å². The zero-order chi connectivity index (χ0) is 20.5. The van der Waals surface area contributed by atoms with Gasteiger partial charge in [-0.1, -0.05) is 0 Å². The van der Waals surface area contributed by atoms with E-state index in [1.807, 2.05) is 0 Å². The van der Waals surface area contributed by atoms with E-state index in [4.69, 9.17) is 4.74 Å². The Labute approximate surface area is 160 Å². The molecule has 0 fully saturated rings. The molecule has 9 heteroatoms. The van der Waals surface area contributed by atoms with Gasteiger partial charge in [0.25, 0.3) is 0 Å². The Hall–Kier alpha value is -2.97. The third kappa shape index (κ3) is 6.33. The van der Waals surface area contributed by atoms with Gasteiger partial charge in [0, 0.05) is 31.8 Å². The Morgan fingerprint density at radius 3 is 2.54 bits per heavy atom. The average Bonchev–Trinajstić information content (AvgIpc) is 2.67.